The van der Waals surface area contributed by atoms with Gasteiger partial charge in [-0.25, -0.2) is 0 Å². The van der Waals surface area contributed by atoms with Crippen molar-refractivity contribution in [3.8, 4) is 0 Å². The highest BCUT2D eigenvalue weighted by molar-refractivity contribution is 14.1. The van der Waals surface area contributed by atoms with Crippen molar-refractivity contribution in [3.63, 3.8) is 0 Å². The summed E-state index contributed by atoms with van der Waals surface area (Å²) < 4.78 is 7.04. The molecule has 0 aromatic heterocycles. The Bertz CT molecular complexity index is 1110. The first-order chi connectivity index (χ1) is 16.7. The van der Waals surface area contributed by atoms with E-state index in [1.807, 2.05) is 66.7 Å². The first-order valence-electron chi connectivity index (χ1n) is 11.4. The van der Waals surface area contributed by atoms with Gasteiger partial charge in [0.05, 0.1) is 0 Å². The Labute approximate surface area is 227 Å². The second kappa shape index (κ2) is 14.0. The van der Waals surface area contributed by atoms with E-state index in [1.165, 1.54) is 14.7 Å². The van der Waals surface area contributed by atoms with Crippen LogP contribution in [-0.4, -0.2) is 16.9 Å². The minimum atomic E-state index is -0.413. The summed E-state index contributed by atoms with van der Waals surface area (Å²) in [6.45, 7) is 1.59. The molecule has 0 aliphatic rings. The highest BCUT2D eigenvalue weighted by Crippen LogP contribution is 2.20. The molecule has 0 saturated heterocycles. The van der Waals surface area contributed by atoms with Crippen molar-refractivity contribution in [1.82, 2.24) is 4.90 Å². The summed E-state index contributed by atoms with van der Waals surface area (Å²) in [6, 6.07) is 38.4. The molecule has 180 valence electrons. The van der Waals surface area contributed by atoms with E-state index < -0.39 is 6.04 Å². The van der Waals surface area contributed by atoms with Gasteiger partial charge >= 0.3 is 5.97 Å². The maximum atomic E-state index is 13.5. The maximum Gasteiger partial charge on any atom is 0.324 e. The van der Waals surface area contributed by atoms with E-state index in [4.69, 9.17) is 4.74 Å². The molecule has 0 aliphatic heterocycles. The molecule has 4 aromatic carbocycles. The first kappa shape index (κ1) is 26.9. The van der Waals surface area contributed by atoms with Crippen LogP contribution in [0.1, 0.15) is 22.3 Å². The van der Waals surface area contributed by atoms with E-state index in [0.717, 1.165) is 11.1 Å². The number of carbonyl (C=O) groups excluding carboxylic acids is 1. The Morgan fingerprint density at radius 1 is 0.657 bits per heavy atom. The number of hydrogen-bond acceptors (Lipinski definition) is 3. The highest BCUT2D eigenvalue weighted by Gasteiger charge is 2.28. The van der Waals surface area contributed by atoms with Crippen molar-refractivity contribution >= 4 is 41.0 Å². The predicted molar refractivity (Wildman–Crippen MR) is 152 cm³/mol. The summed E-state index contributed by atoms with van der Waals surface area (Å²) in [4.78, 5) is 15.8. The lowest BCUT2D eigenvalue weighted by Gasteiger charge is -2.31. The molecule has 0 aliphatic carbocycles. The van der Waals surface area contributed by atoms with Gasteiger partial charge in [-0.2, -0.15) is 0 Å². The Kier molecular flexibility index (Phi) is 10.8. The molecular weight excluding hydrogens is 569 g/mol. The zero-order valence-corrected chi connectivity index (χ0v) is 22.4. The van der Waals surface area contributed by atoms with Crippen molar-refractivity contribution in [2.45, 2.75) is 32.2 Å². The number of esters is 1. The summed E-state index contributed by atoms with van der Waals surface area (Å²) in [5.74, 6) is -0.200. The minimum Gasteiger partial charge on any atom is -0.460 e. The third-order valence-corrected chi connectivity index (χ3v) is 6.46. The molecule has 0 radical (unpaired) electrons. The highest BCUT2D eigenvalue weighted by atomic mass is 127. The van der Waals surface area contributed by atoms with Gasteiger partial charge < -0.3 is 4.74 Å². The molecule has 0 amide bonds. The van der Waals surface area contributed by atoms with Gasteiger partial charge in [0.1, 0.15) is 12.6 Å². The van der Waals surface area contributed by atoms with Gasteiger partial charge in [-0.3, -0.25) is 9.69 Å². The number of nitrogens with zero attached hydrogens (tertiary/aromatic N) is 1. The summed E-state index contributed by atoms with van der Waals surface area (Å²) in [6.07, 6.45) is 0.588. The fraction of sp³-hybridized carbons (Fsp3) is 0.167. The summed E-state index contributed by atoms with van der Waals surface area (Å²) >= 11 is 2.30. The molecular formula is C30H29ClINO2. The molecule has 0 fully saturated rings. The van der Waals surface area contributed by atoms with Crippen LogP contribution in [0.4, 0.5) is 0 Å². The standard InChI is InChI=1S/C30H28INO2.ClH/c31-28-18-16-24(17-19-28)20-29(30(33)34-23-27-14-8-3-9-15-27)32(21-25-10-4-1-5-11-25)22-26-12-6-2-7-13-26;/h1-19,29H,20-23H2;1H/t29-;/m0./s1. The Morgan fingerprint density at radius 3 is 1.60 bits per heavy atom. The van der Waals surface area contributed by atoms with Crippen molar-refractivity contribution in [3.05, 3.63) is 141 Å². The van der Waals surface area contributed by atoms with E-state index >= 15 is 0 Å². The van der Waals surface area contributed by atoms with Crippen LogP contribution in [0.25, 0.3) is 0 Å². The number of benzene rings is 4. The minimum absolute atomic E-state index is 0. The third kappa shape index (κ3) is 8.49. The molecule has 35 heavy (non-hydrogen) atoms. The summed E-state index contributed by atoms with van der Waals surface area (Å²) in [5, 5.41) is 0. The number of rotatable bonds is 10. The van der Waals surface area contributed by atoms with E-state index in [1.54, 1.807) is 0 Å². The van der Waals surface area contributed by atoms with Gasteiger partial charge in [-0.1, -0.05) is 103 Å². The fourth-order valence-electron chi connectivity index (χ4n) is 3.94. The second-order valence-corrected chi connectivity index (χ2v) is 9.56. The molecule has 1 atom stereocenters. The first-order valence-corrected chi connectivity index (χ1v) is 12.5. The zero-order chi connectivity index (χ0) is 23.6. The van der Waals surface area contributed by atoms with E-state index in [-0.39, 0.29) is 25.0 Å². The van der Waals surface area contributed by atoms with Crippen LogP contribution in [0.3, 0.4) is 0 Å². The topological polar surface area (TPSA) is 29.5 Å². The molecule has 0 N–H and O–H groups in total. The monoisotopic (exact) mass is 597 g/mol. The van der Waals surface area contributed by atoms with Gasteiger partial charge in [0.25, 0.3) is 0 Å². The Morgan fingerprint density at radius 2 is 1.11 bits per heavy atom. The van der Waals surface area contributed by atoms with Crippen LogP contribution < -0.4 is 0 Å². The number of carbonyl (C=O) groups is 1. The maximum absolute atomic E-state index is 13.5. The van der Waals surface area contributed by atoms with Gasteiger partial charge in [-0.05, 0) is 63.4 Å². The lowest BCUT2D eigenvalue weighted by molar-refractivity contribution is -0.152. The summed E-state index contributed by atoms with van der Waals surface area (Å²) in [5.41, 5.74) is 4.44. The molecule has 3 nitrogen and oxygen atoms in total. The largest absolute Gasteiger partial charge is 0.460 e. The molecule has 4 rings (SSSR count). The Balaban J connectivity index is 0.00000342. The smallest absolute Gasteiger partial charge is 0.324 e. The van der Waals surface area contributed by atoms with Gasteiger partial charge in [0.15, 0.2) is 0 Å². The Hall–Kier alpha value is -2.67. The second-order valence-electron chi connectivity index (χ2n) is 8.32. The van der Waals surface area contributed by atoms with Crippen molar-refractivity contribution in [1.29, 1.82) is 0 Å². The third-order valence-electron chi connectivity index (χ3n) is 5.74. The van der Waals surface area contributed by atoms with Crippen molar-refractivity contribution < 1.29 is 9.53 Å². The van der Waals surface area contributed by atoms with Gasteiger partial charge in [0.2, 0.25) is 0 Å². The predicted octanol–water partition coefficient (Wildman–Crippen LogP) is 7.07. The van der Waals surface area contributed by atoms with Crippen LogP contribution in [0.15, 0.2) is 115 Å². The zero-order valence-electron chi connectivity index (χ0n) is 19.4. The van der Waals surface area contributed by atoms with Crippen LogP contribution in [0.5, 0.6) is 0 Å². The number of ether oxygens (including phenoxy) is 1. The molecule has 0 saturated carbocycles. The lowest BCUT2D eigenvalue weighted by atomic mass is 10.0. The molecule has 0 spiro atoms. The fourth-order valence-corrected chi connectivity index (χ4v) is 4.30. The van der Waals surface area contributed by atoms with Crippen LogP contribution in [0, 0.1) is 3.57 Å². The molecule has 0 heterocycles. The SMILES string of the molecule is Cl.O=C(OCc1ccccc1)[C@H](Cc1ccc(I)cc1)N(Cc1ccccc1)Cc1ccccc1. The van der Waals surface area contributed by atoms with Crippen molar-refractivity contribution in [2.24, 2.45) is 0 Å². The average Bonchev–Trinajstić information content (AvgIpc) is 2.88. The molecule has 0 unspecified atom stereocenters. The van der Waals surface area contributed by atoms with E-state index in [0.29, 0.717) is 19.5 Å². The molecule has 5 heteroatoms. The quantitative estimate of drug-likeness (QED) is 0.145. The molecule has 4 aromatic rings. The van der Waals surface area contributed by atoms with Crippen molar-refractivity contribution in [2.75, 3.05) is 0 Å². The number of halogens is 2. The number of hydrogen-bond donors (Lipinski definition) is 0. The van der Waals surface area contributed by atoms with Crippen LogP contribution in [-0.2, 0) is 35.6 Å². The lowest BCUT2D eigenvalue weighted by Crippen LogP contribution is -2.43. The van der Waals surface area contributed by atoms with Crippen LogP contribution >= 0.6 is 35.0 Å². The van der Waals surface area contributed by atoms with Gasteiger partial charge in [0, 0.05) is 16.7 Å². The van der Waals surface area contributed by atoms with Gasteiger partial charge in [-0.15, -0.1) is 12.4 Å². The normalized spacial score (nSPS) is 11.5. The molecule has 0 bridgehead atoms. The van der Waals surface area contributed by atoms with E-state index in [9.17, 15) is 4.79 Å². The summed E-state index contributed by atoms with van der Waals surface area (Å²) in [7, 11) is 0. The average molecular weight is 598 g/mol. The van der Waals surface area contributed by atoms with E-state index in [2.05, 4.69) is 76.0 Å². The van der Waals surface area contributed by atoms with Crippen LogP contribution in [0.2, 0.25) is 0 Å².